The van der Waals surface area contributed by atoms with E-state index in [0.29, 0.717) is 26.4 Å². The van der Waals surface area contributed by atoms with Crippen molar-refractivity contribution in [2.75, 3.05) is 26.4 Å². The molecule has 2 aromatic rings. The zero-order valence-corrected chi connectivity index (χ0v) is 11.1. The Morgan fingerprint density at radius 2 is 0.700 bits per heavy atom. The fourth-order valence-corrected chi connectivity index (χ4v) is 1.98. The lowest BCUT2D eigenvalue weighted by molar-refractivity contribution is 0.171. The van der Waals surface area contributed by atoms with Crippen LogP contribution in [-0.2, 0) is 0 Å². The third kappa shape index (κ3) is 2.96. The van der Waals surface area contributed by atoms with Crippen LogP contribution in [0.2, 0.25) is 0 Å². The van der Waals surface area contributed by atoms with Crippen LogP contribution in [0.4, 0.5) is 0 Å². The molecule has 4 heteroatoms. The molecular weight excluding hydrogens is 256 g/mol. The molecule has 0 radical (unpaired) electrons. The molecule has 2 aromatic carbocycles. The van der Waals surface area contributed by atoms with Crippen LogP contribution in [0.3, 0.4) is 0 Å². The Morgan fingerprint density at radius 1 is 0.450 bits per heavy atom. The summed E-state index contributed by atoms with van der Waals surface area (Å²) in [5.74, 6) is 3.42. The van der Waals surface area contributed by atoms with Crippen molar-refractivity contribution in [3.63, 3.8) is 0 Å². The average molecular weight is 272 g/mol. The third-order valence-corrected chi connectivity index (χ3v) is 2.90. The van der Waals surface area contributed by atoms with Crippen LogP contribution in [0.1, 0.15) is 0 Å². The van der Waals surface area contributed by atoms with Crippen LogP contribution in [0.5, 0.6) is 23.0 Å². The predicted molar refractivity (Wildman–Crippen MR) is 74.9 cm³/mol. The Balaban J connectivity index is 0.000000121. The van der Waals surface area contributed by atoms with E-state index in [1.54, 1.807) is 0 Å². The molecule has 2 heterocycles. The highest BCUT2D eigenvalue weighted by Crippen LogP contribution is 2.29. The van der Waals surface area contributed by atoms with E-state index in [4.69, 9.17) is 18.9 Å². The second-order valence-electron chi connectivity index (χ2n) is 4.29. The normalized spacial score (nSPS) is 14.8. The van der Waals surface area contributed by atoms with Gasteiger partial charge in [0.15, 0.2) is 23.0 Å². The first kappa shape index (κ1) is 12.7. The molecule has 0 unspecified atom stereocenters. The van der Waals surface area contributed by atoms with Crippen molar-refractivity contribution in [2.45, 2.75) is 0 Å². The minimum Gasteiger partial charge on any atom is -0.486 e. The monoisotopic (exact) mass is 272 g/mol. The molecule has 0 aliphatic carbocycles. The van der Waals surface area contributed by atoms with E-state index >= 15 is 0 Å². The van der Waals surface area contributed by atoms with Crippen LogP contribution in [-0.4, -0.2) is 26.4 Å². The summed E-state index contributed by atoms with van der Waals surface area (Å²) in [6, 6.07) is 15.4. The number of fused-ring (bicyclic) bond motifs is 2. The quantitative estimate of drug-likeness (QED) is 0.739. The van der Waals surface area contributed by atoms with Gasteiger partial charge >= 0.3 is 0 Å². The van der Waals surface area contributed by atoms with Crippen molar-refractivity contribution in [3.8, 4) is 23.0 Å². The molecule has 0 saturated carbocycles. The molecule has 0 N–H and O–H groups in total. The first-order valence-electron chi connectivity index (χ1n) is 6.63. The van der Waals surface area contributed by atoms with Crippen molar-refractivity contribution in [1.82, 2.24) is 0 Å². The fourth-order valence-electron chi connectivity index (χ4n) is 1.98. The SMILES string of the molecule is c1ccc2c(c1)OCCO2.c1ccc2c(c1)OCCO2. The van der Waals surface area contributed by atoms with E-state index in [9.17, 15) is 0 Å². The Labute approximate surface area is 117 Å². The van der Waals surface area contributed by atoms with E-state index in [0.717, 1.165) is 23.0 Å². The van der Waals surface area contributed by atoms with Gasteiger partial charge in [-0.1, -0.05) is 24.3 Å². The van der Waals surface area contributed by atoms with Gasteiger partial charge in [-0.2, -0.15) is 0 Å². The summed E-state index contributed by atoms with van der Waals surface area (Å²) in [5, 5.41) is 0. The Bertz CT molecular complexity index is 466. The average Bonchev–Trinajstić information content (AvgIpc) is 2.56. The van der Waals surface area contributed by atoms with E-state index in [1.165, 1.54) is 0 Å². The van der Waals surface area contributed by atoms with E-state index in [-0.39, 0.29) is 0 Å². The van der Waals surface area contributed by atoms with Crippen molar-refractivity contribution < 1.29 is 18.9 Å². The van der Waals surface area contributed by atoms with Gasteiger partial charge in [0.1, 0.15) is 26.4 Å². The number of benzene rings is 2. The summed E-state index contributed by atoms with van der Waals surface area (Å²) in [4.78, 5) is 0. The maximum atomic E-state index is 5.30. The topological polar surface area (TPSA) is 36.9 Å². The van der Waals surface area contributed by atoms with Crippen LogP contribution in [0.25, 0.3) is 0 Å². The second-order valence-corrected chi connectivity index (χ2v) is 4.29. The summed E-state index contributed by atoms with van der Waals surface area (Å²) < 4.78 is 21.2. The van der Waals surface area contributed by atoms with Gasteiger partial charge in [-0.3, -0.25) is 0 Å². The number of hydrogen-bond donors (Lipinski definition) is 0. The smallest absolute Gasteiger partial charge is 0.161 e. The zero-order chi connectivity index (χ0) is 13.6. The standard InChI is InChI=1S/2C8H8O2/c2*1-2-4-8-7(3-1)9-5-6-10-8/h2*1-4H,5-6H2. The van der Waals surface area contributed by atoms with E-state index in [1.807, 2.05) is 48.5 Å². The summed E-state index contributed by atoms with van der Waals surface area (Å²) in [6.07, 6.45) is 0. The predicted octanol–water partition coefficient (Wildman–Crippen LogP) is 2.92. The molecule has 0 spiro atoms. The van der Waals surface area contributed by atoms with Crippen molar-refractivity contribution >= 4 is 0 Å². The highest BCUT2D eigenvalue weighted by Gasteiger charge is 2.08. The summed E-state index contributed by atoms with van der Waals surface area (Å²) >= 11 is 0. The van der Waals surface area contributed by atoms with Gasteiger partial charge in [0.2, 0.25) is 0 Å². The molecule has 0 amide bonds. The van der Waals surface area contributed by atoms with Crippen LogP contribution < -0.4 is 18.9 Å². The number of hydrogen-bond acceptors (Lipinski definition) is 4. The second kappa shape index (κ2) is 6.19. The van der Waals surface area contributed by atoms with E-state index in [2.05, 4.69) is 0 Å². The molecule has 0 bridgehead atoms. The summed E-state index contributed by atoms with van der Waals surface area (Å²) in [7, 11) is 0. The van der Waals surface area contributed by atoms with Gasteiger partial charge in [-0.15, -0.1) is 0 Å². The molecule has 0 fully saturated rings. The van der Waals surface area contributed by atoms with Gasteiger partial charge in [-0.25, -0.2) is 0 Å². The molecule has 0 atom stereocenters. The lowest BCUT2D eigenvalue weighted by atomic mass is 10.3. The molecular formula is C16H16O4. The van der Waals surface area contributed by atoms with Gasteiger partial charge < -0.3 is 18.9 Å². The summed E-state index contributed by atoms with van der Waals surface area (Å²) in [6.45, 7) is 2.65. The zero-order valence-electron chi connectivity index (χ0n) is 11.1. The van der Waals surface area contributed by atoms with Gasteiger partial charge in [0.05, 0.1) is 0 Å². The van der Waals surface area contributed by atoms with Crippen LogP contribution in [0.15, 0.2) is 48.5 Å². The molecule has 0 saturated heterocycles. The first-order valence-corrected chi connectivity index (χ1v) is 6.63. The molecule has 4 nitrogen and oxygen atoms in total. The number of rotatable bonds is 0. The van der Waals surface area contributed by atoms with Gasteiger partial charge in [0.25, 0.3) is 0 Å². The third-order valence-electron chi connectivity index (χ3n) is 2.90. The van der Waals surface area contributed by atoms with Crippen LogP contribution >= 0.6 is 0 Å². The van der Waals surface area contributed by atoms with E-state index < -0.39 is 0 Å². The highest BCUT2D eigenvalue weighted by molar-refractivity contribution is 5.40. The lowest BCUT2D eigenvalue weighted by Crippen LogP contribution is -2.14. The fraction of sp³-hybridized carbons (Fsp3) is 0.250. The molecule has 104 valence electrons. The minimum absolute atomic E-state index is 0.664. The first-order chi connectivity index (χ1) is 9.93. The summed E-state index contributed by atoms with van der Waals surface area (Å²) in [5.41, 5.74) is 0. The van der Waals surface area contributed by atoms with Crippen molar-refractivity contribution in [2.24, 2.45) is 0 Å². The lowest BCUT2D eigenvalue weighted by Gasteiger charge is -2.17. The highest BCUT2D eigenvalue weighted by atomic mass is 16.6. The molecule has 2 aliphatic rings. The molecule has 20 heavy (non-hydrogen) atoms. The Kier molecular flexibility index (Phi) is 3.92. The number of para-hydroxylation sites is 4. The van der Waals surface area contributed by atoms with Gasteiger partial charge in [0, 0.05) is 0 Å². The maximum Gasteiger partial charge on any atom is 0.161 e. The molecule has 4 rings (SSSR count). The Morgan fingerprint density at radius 3 is 0.950 bits per heavy atom. The van der Waals surface area contributed by atoms with Crippen molar-refractivity contribution in [1.29, 1.82) is 0 Å². The van der Waals surface area contributed by atoms with Crippen LogP contribution in [0, 0.1) is 0 Å². The molecule has 0 aromatic heterocycles. The molecule has 2 aliphatic heterocycles. The maximum absolute atomic E-state index is 5.30. The number of ether oxygens (including phenoxy) is 4. The Hall–Kier alpha value is -2.36. The minimum atomic E-state index is 0.664. The largest absolute Gasteiger partial charge is 0.486 e. The van der Waals surface area contributed by atoms with Gasteiger partial charge in [-0.05, 0) is 24.3 Å². The van der Waals surface area contributed by atoms with Crippen molar-refractivity contribution in [3.05, 3.63) is 48.5 Å².